The highest BCUT2D eigenvalue weighted by atomic mass is 35.5. The summed E-state index contributed by atoms with van der Waals surface area (Å²) in [6.45, 7) is 2.78. The second-order valence-corrected chi connectivity index (χ2v) is 6.17. The summed E-state index contributed by atoms with van der Waals surface area (Å²) in [5.74, 6) is -0.0769. The molecule has 3 aromatic rings. The average Bonchev–Trinajstić information content (AvgIpc) is 3.17. The zero-order chi connectivity index (χ0) is 17.6. The minimum absolute atomic E-state index is 0.220. The maximum absolute atomic E-state index is 12.1. The summed E-state index contributed by atoms with van der Waals surface area (Å²) in [5.41, 5.74) is 2.82. The van der Waals surface area contributed by atoms with Gasteiger partial charge in [-0.25, -0.2) is 0 Å². The molecule has 0 saturated carbocycles. The molecular formula is C20H19ClN2O2. The molecule has 2 N–H and O–H groups in total. The number of carbonyl (C=O) groups excluding carboxylic acids is 1. The van der Waals surface area contributed by atoms with Gasteiger partial charge in [0.2, 0.25) is 0 Å². The van der Waals surface area contributed by atoms with Crippen molar-refractivity contribution >= 4 is 23.2 Å². The molecule has 5 heteroatoms. The normalized spacial score (nSPS) is 11.9. The molecule has 2 aromatic carbocycles. The van der Waals surface area contributed by atoms with E-state index in [-0.39, 0.29) is 17.7 Å². The molecule has 3 rings (SSSR count). The van der Waals surface area contributed by atoms with Crippen LogP contribution in [-0.4, -0.2) is 5.91 Å². The first kappa shape index (κ1) is 17.3. The molecule has 1 atom stereocenters. The van der Waals surface area contributed by atoms with E-state index in [9.17, 15) is 4.79 Å². The third-order valence-corrected chi connectivity index (χ3v) is 4.27. The smallest absolute Gasteiger partial charge is 0.291 e. The molecule has 1 heterocycles. The highest BCUT2D eigenvalue weighted by Crippen LogP contribution is 2.24. The summed E-state index contributed by atoms with van der Waals surface area (Å²) in [6.07, 6.45) is 1.46. The number of nitrogens with one attached hydrogen (secondary N) is 2. The number of amides is 1. The van der Waals surface area contributed by atoms with E-state index in [4.69, 9.17) is 16.0 Å². The van der Waals surface area contributed by atoms with Crippen LogP contribution in [0.5, 0.6) is 0 Å². The number of anilines is 1. The lowest BCUT2D eigenvalue weighted by Crippen LogP contribution is -2.18. The van der Waals surface area contributed by atoms with Crippen molar-refractivity contribution < 1.29 is 9.21 Å². The van der Waals surface area contributed by atoms with E-state index in [1.54, 1.807) is 18.2 Å². The number of furan rings is 1. The quantitative estimate of drug-likeness (QED) is 0.652. The number of halogens is 1. The molecule has 4 nitrogen and oxygen atoms in total. The van der Waals surface area contributed by atoms with E-state index in [0.717, 1.165) is 5.56 Å². The number of benzene rings is 2. The van der Waals surface area contributed by atoms with Gasteiger partial charge in [0, 0.05) is 12.6 Å². The standard InChI is InChI=1S/C20H19ClN2O2/c1-14(16-6-3-2-4-7-16)22-13-15-9-10-17(21)18(12-15)23-20(24)19-8-5-11-25-19/h2-12,14,22H,13H2,1H3,(H,23,24)/t14-/m1/s1. The molecule has 1 amide bonds. The molecule has 0 bridgehead atoms. The van der Waals surface area contributed by atoms with Crippen molar-refractivity contribution in [1.29, 1.82) is 0 Å². The minimum Gasteiger partial charge on any atom is -0.459 e. The van der Waals surface area contributed by atoms with Crippen LogP contribution in [0.4, 0.5) is 5.69 Å². The Morgan fingerprint density at radius 1 is 1.12 bits per heavy atom. The van der Waals surface area contributed by atoms with Crippen molar-refractivity contribution in [3.63, 3.8) is 0 Å². The van der Waals surface area contributed by atoms with Gasteiger partial charge in [-0.1, -0.05) is 48.0 Å². The summed E-state index contributed by atoms with van der Waals surface area (Å²) in [5, 5.41) is 6.73. The second kappa shape index (κ2) is 8.01. The largest absolute Gasteiger partial charge is 0.459 e. The van der Waals surface area contributed by atoms with Crippen molar-refractivity contribution in [2.24, 2.45) is 0 Å². The van der Waals surface area contributed by atoms with E-state index >= 15 is 0 Å². The number of hydrogen-bond donors (Lipinski definition) is 2. The van der Waals surface area contributed by atoms with Gasteiger partial charge in [-0.2, -0.15) is 0 Å². The van der Waals surface area contributed by atoms with Gasteiger partial charge < -0.3 is 15.1 Å². The third-order valence-electron chi connectivity index (χ3n) is 3.94. The lowest BCUT2D eigenvalue weighted by atomic mass is 10.1. The summed E-state index contributed by atoms with van der Waals surface area (Å²) in [4.78, 5) is 12.1. The van der Waals surface area contributed by atoms with Crippen LogP contribution < -0.4 is 10.6 Å². The molecule has 0 fully saturated rings. The second-order valence-electron chi connectivity index (χ2n) is 5.76. The van der Waals surface area contributed by atoms with E-state index in [1.165, 1.54) is 11.8 Å². The number of hydrogen-bond acceptors (Lipinski definition) is 3. The molecule has 0 unspecified atom stereocenters. The molecule has 0 aliphatic heterocycles. The lowest BCUT2D eigenvalue weighted by Gasteiger charge is -2.15. The molecule has 1 aromatic heterocycles. The molecule has 0 saturated heterocycles. The van der Waals surface area contributed by atoms with Crippen LogP contribution in [0.3, 0.4) is 0 Å². The maximum Gasteiger partial charge on any atom is 0.291 e. The fourth-order valence-corrected chi connectivity index (χ4v) is 2.67. The Bertz CT molecular complexity index is 832. The van der Waals surface area contributed by atoms with Crippen LogP contribution >= 0.6 is 11.6 Å². The molecular weight excluding hydrogens is 336 g/mol. The fraction of sp³-hybridized carbons (Fsp3) is 0.150. The first-order valence-corrected chi connectivity index (χ1v) is 8.43. The van der Waals surface area contributed by atoms with Crippen molar-refractivity contribution in [3.8, 4) is 0 Å². The van der Waals surface area contributed by atoms with E-state index in [2.05, 4.69) is 29.7 Å². The van der Waals surface area contributed by atoms with E-state index in [0.29, 0.717) is 17.3 Å². The van der Waals surface area contributed by atoms with E-state index in [1.807, 2.05) is 30.3 Å². The first-order chi connectivity index (χ1) is 12.1. The SMILES string of the molecule is C[C@@H](NCc1ccc(Cl)c(NC(=O)c2ccco2)c1)c1ccccc1. The fourth-order valence-electron chi connectivity index (χ4n) is 2.50. The molecule has 25 heavy (non-hydrogen) atoms. The summed E-state index contributed by atoms with van der Waals surface area (Å²) in [6, 6.07) is 19.3. The van der Waals surface area contributed by atoms with Crippen molar-refractivity contribution in [3.05, 3.63) is 88.8 Å². The van der Waals surface area contributed by atoms with Crippen molar-refractivity contribution in [2.45, 2.75) is 19.5 Å². The monoisotopic (exact) mass is 354 g/mol. The predicted octanol–water partition coefficient (Wildman–Crippen LogP) is 5.04. The summed E-state index contributed by atoms with van der Waals surface area (Å²) < 4.78 is 5.10. The topological polar surface area (TPSA) is 54.3 Å². The van der Waals surface area contributed by atoms with Crippen LogP contribution in [0.1, 0.15) is 34.6 Å². The van der Waals surface area contributed by atoms with Crippen LogP contribution in [0.25, 0.3) is 0 Å². The number of rotatable bonds is 6. The highest BCUT2D eigenvalue weighted by Gasteiger charge is 2.12. The average molecular weight is 355 g/mol. The molecule has 0 radical (unpaired) electrons. The Morgan fingerprint density at radius 3 is 2.64 bits per heavy atom. The third kappa shape index (κ3) is 4.50. The Labute approximate surface area is 151 Å². The van der Waals surface area contributed by atoms with Gasteiger partial charge in [-0.15, -0.1) is 0 Å². The van der Waals surface area contributed by atoms with E-state index < -0.39 is 0 Å². The highest BCUT2D eigenvalue weighted by molar-refractivity contribution is 6.33. The Morgan fingerprint density at radius 2 is 1.92 bits per heavy atom. The number of carbonyl (C=O) groups is 1. The Balaban J connectivity index is 1.66. The van der Waals surface area contributed by atoms with Crippen LogP contribution in [0.15, 0.2) is 71.3 Å². The van der Waals surface area contributed by atoms with Gasteiger partial charge >= 0.3 is 0 Å². The van der Waals surface area contributed by atoms with Crippen molar-refractivity contribution in [1.82, 2.24) is 5.32 Å². The Hall–Kier alpha value is -2.56. The van der Waals surface area contributed by atoms with Gasteiger partial charge in [0.1, 0.15) is 0 Å². The molecule has 0 spiro atoms. The minimum atomic E-state index is -0.324. The molecule has 128 valence electrons. The predicted molar refractivity (Wildman–Crippen MR) is 99.8 cm³/mol. The van der Waals surface area contributed by atoms with Crippen molar-refractivity contribution in [2.75, 3.05) is 5.32 Å². The van der Waals surface area contributed by atoms with Gasteiger partial charge in [0.05, 0.1) is 17.0 Å². The zero-order valence-corrected chi connectivity index (χ0v) is 14.6. The van der Waals surface area contributed by atoms with Gasteiger partial charge in [0.15, 0.2) is 5.76 Å². The summed E-state index contributed by atoms with van der Waals surface area (Å²) in [7, 11) is 0. The van der Waals surface area contributed by atoms with Gasteiger partial charge in [0.25, 0.3) is 5.91 Å². The van der Waals surface area contributed by atoms with Crippen LogP contribution in [0, 0.1) is 0 Å². The summed E-state index contributed by atoms with van der Waals surface area (Å²) >= 11 is 6.19. The molecule has 0 aliphatic rings. The van der Waals surface area contributed by atoms with Crippen LogP contribution in [0.2, 0.25) is 5.02 Å². The Kier molecular flexibility index (Phi) is 5.53. The van der Waals surface area contributed by atoms with Gasteiger partial charge in [-0.05, 0) is 42.3 Å². The van der Waals surface area contributed by atoms with Crippen LogP contribution in [-0.2, 0) is 6.54 Å². The van der Waals surface area contributed by atoms with Gasteiger partial charge in [-0.3, -0.25) is 4.79 Å². The first-order valence-electron chi connectivity index (χ1n) is 8.05. The maximum atomic E-state index is 12.1. The lowest BCUT2D eigenvalue weighted by molar-refractivity contribution is 0.0996. The zero-order valence-electron chi connectivity index (χ0n) is 13.8. The molecule has 0 aliphatic carbocycles.